The van der Waals surface area contributed by atoms with E-state index >= 15 is 0 Å². The first-order chi connectivity index (χ1) is 8.72. The summed E-state index contributed by atoms with van der Waals surface area (Å²) in [5.74, 6) is 1.44. The van der Waals surface area contributed by atoms with E-state index in [1.807, 2.05) is 12.1 Å². The Morgan fingerprint density at radius 3 is 2.72 bits per heavy atom. The summed E-state index contributed by atoms with van der Waals surface area (Å²) in [5, 5.41) is 5.68. The van der Waals surface area contributed by atoms with Gasteiger partial charge in [0.25, 0.3) is 0 Å². The summed E-state index contributed by atoms with van der Waals surface area (Å²) in [5.41, 5.74) is 0.921. The lowest BCUT2D eigenvalue weighted by atomic mass is 10.2. The van der Waals surface area contributed by atoms with Gasteiger partial charge in [-0.1, -0.05) is 0 Å². The van der Waals surface area contributed by atoms with Gasteiger partial charge in [-0.25, -0.2) is 4.79 Å². The van der Waals surface area contributed by atoms with Crippen LogP contribution in [0, 0.1) is 0 Å². The molecule has 0 aliphatic heterocycles. The van der Waals surface area contributed by atoms with Crippen LogP contribution in [0.5, 0.6) is 11.5 Å². The van der Waals surface area contributed by atoms with E-state index < -0.39 is 0 Å². The quantitative estimate of drug-likeness (QED) is 0.835. The summed E-state index contributed by atoms with van der Waals surface area (Å²) in [6, 6.07) is 5.77. The molecule has 2 amide bonds. The van der Waals surface area contributed by atoms with Crippen LogP contribution in [0.1, 0.15) is 18.4 Å². The van der Waals surface area contributed by atoms with Crippen molar-refractivity contribution in [3.05, 3.63) is 23.8 Å². The maximum absolute atomic E-state index is 11.5. The number of hydrogen-bond donors (Lipinski definition) is 2. The molecule has 5 nitrogen and oxygen atoms in total. The van der Waals surface area contributed by atoms with E-state index in [1.165, 1.54) is 0 Å². The molecule has 18 heavy (non-hydrogen) atoms. The summed E-state index contributed by atoms with van der Waals surface area (Å²) in [6.07, 6.45) is 2.17. The molecule has 0 saturated heterocycles. The number of ether oxygens (including phenoxy) is 2. The third-order valence-electron chi connectivity index (χ3n) is 2.85. The van der Waals surface area contributed by atoms with Gasteiger partial charge in [0.15, 0.2) is 0 Å². The number of nitrogens with one attached hydrogen (secondary N) is 2. The molecule has 5 heteroatoms. The lowest BCUT2D eigenvalue weighted by Crippen LogP contribution is -2.36. The Bertz CT molecular complexity index is 430. The van der Waals surface area contributed by atoms with Gasteiger partial charge in [0.1, 0.15) is 11.5 Å². The smallest absolute Gasteiger partial charge is 0.315 e. The molecule has 0 aromatic heterocycles. The fourth-order valence-corrected chi connectivity index (χ4v) is 1.64. The Labute approximate surface area is 106 Å². The summed E-state index contributed by atoms with van der Waals surface area (Å²) in [4.78, 5) is 11.5. The minimum atomic E-state index is -0.129. The van der Waals surface area contributed by atoms with Crippen LogP contribution in [-0.4, -0.2) is 26.3 Å². The first kappa shape index (κ1) is 12.5. The maximum atomic E-state index is 11.5. The Kier molecular flexibility index (Phi) is 3.92. The van der Waals surface area contributed by atoms with Crippen LogP contribution in [0.4, 0.5) is 4.79 Å². The van der Waals surface area contributed by atoms with Crippen LogP contribution >= 0.6 is 0 Å². The van der Waals surface area contributed by atoms with E-state index in [2.05, 4.69) is 10.6 Å². The Balaban J connectivity index is 1.92. The van der Waals surface area contributed by atoms with E-state index in [9.17, 15) is 4.79 Å². The molecule has 1 fully saturated rings. The average Bonchev–Trinajstić information content (AvgIpc) is 3.20. The lowest BCUT2D eigenvalue weighted by Gasteiger charge is -2.11. The topological polar surface area (TPSA) is 59.6 Å². The largest absolute Gasteiger partial charge is 0.497 e. The van der Waals surface area contributed by atoms with Crippen LogP contribution < -0.4 is 20.1 Å². The molecule has 0 radical (unpaired) electrons. The van der Waals surface area contributed by atoms with Gasteiger partial charge < -0.3 is 20.1 Å². The first-order valence-corrected chi connectivity index (χ1v) is 5.98. The molecular weight excluding hydrogens is 232 g/mol. The molecule has 2 rings (SSSR count). The second-order valence-corrected chi connectivity index (χ2v) is 4.28. The molecule has 0 unspecified atom stereocenters. The average molecular weight is 250 g/mol. The number of methoxy groups -OCH3 is 2. The van der Waals surface area contributed by atoms with Gasteiger partial charge in [0.2, 0.25) is 0 Å². The predicted molar refractivity (Wildman–Crippen MR) is 67.9 cm³/mol. The van der Waals surface area contributed by atoms with Gasteiger partial charge in [-0.2, -0.15) is 0 Å². The highest BCUT2D eigenvalue weighted by molar-refractivity contribution is 5.74. The SMILES string of the molecule is COc1ccc(CNC(=O)NC2CC2)c(OC)c1. The van der Waals surface area contributed by atoms with Crippen molar-refractivity contribution in [2.75, 3.05) is 14.2 Å². The third-order valence-corrected chi connectivity index (χ3v) is 2.85. The number of carbonyl (C=O) groups excluding carboxylic acids is 1. The first-order valence-electron chi connectivity index (χ1n) is 5.98. The van der Waals surface area contributed by atoms with Crippen LogP contribution in [0.25, 0.3) is 0 Å². The van der Waals surface area contributed by atoms with Gasteiger partial charge >= 0.3 is 6.03 Å². The zero-order chi connectivity index (χ0) is 13.0. The molecule has 2 N–H and O–H groups in total. The monoisotopic (exact) mass is 250 g/mol. The molecule has 0 atom stereocenters. The van der Waals surface area contributed by atoms with Crippen molar-refractivity contribution in [3.8, 4) is 11.5 Å². The van der Waals surface area contributed by atoms with Crippen LogP contribution in [0.3, 0.4) is 0 Å². The second kappa shape index (κ2) is 5.62. The van der Waals surface area contributed by atoms with Gasteiger partial charge in [-0.3, -0.25) is 0 Å². The highest BCUT2D eigenvalue weighted by Crippen LogP contribution is 2.24. The van der Waals surface area contributed by atoms with Crippen LogP contribution in [-0.2, 0) is 6.54 Å². The van der Waals surface area contributed by atoms with Crippen molar-refractivity contribution >= 4 is 6.03 Å². The predicted octanol–water partition coefficient (Wildman–Crippen LogP) is 1.67. The normalized spacial score (nSPS) is 13.9. The van der Waals surface area contributed by atoms with Crippen molar-refractivity contribution in [3.63, 3.8) is 0 Å². The maximum Gasteiger partial charge on any atom is 0.315 e. The molecule has 0 bridgehead atoms. The van der Waals surface area contributed by atoms with Crippen molar-refractivity contribution in [2.45, 2.75) is 25.4 Å². The van der Waals surface area contributed by atoms with Crippen molar-refractivity contribution < 1.29 is 14.3 Å². The van der Waals surface area contributed by atoms with E-state index in [0.29, 0.717) is 18.3 Å². The Morgan fingerprint density at radius 2 is 2.11 bits per heavy atom. The summed E-state index contributed by atoms with van der Waals surface area (Å²) < 4.78 is 10.4. The second-order valence-electron chi connectivity index (χ2n) is 4.28. The highest BCUT2D eigenvalue weighted by Gasteiger charge is 2.23. The van der Waals surface area contributed by atoms with Crippen molar-refractivity contribution in [1.29, 1.82) is 0 Å². The van der Waals surface area contributed by atoms with Gasteiger partial charge in [0, 0.05) is 24.2 Å². The minimum absolute atomic E-state index is 0.129. The van der Waals surface area contributed by atoms with Crippen molar-refractivity contribution in [2.24, 2.45) is 0 Å². The number of urea groups is 1. The van der Waals surface area contributed by atoms with Crippen molar-refractivity contribution in [1.82, 2.24) is 10.6 Å². The molecule has 0 heterocycles. The number of amides is 2. The zero-order valence-corrected chi connectivity index (χ0v) is 10.7. The summed E-state index contributed by atoms with van der Waals surface area (Å²) in [7, 11) is 3.21. The summed E-state index contributed by atoms with van der Waals surface area (Å²) >= 11 is 0. The van der Waals surface area contributed by atoms with E-state index in [0.717, 1.165) is 24.2 Å². The number of benzene rings is 1. The molecular formula is C13H18N2O3. The minimum Gasteiger partial charge on any atom is -0.497 e. The molecule has 1 saturated carbocycles. The molecule has 98 valence electrons. The standard InChI is InChI=1S/C13H18N2O3/c1-17-11-6-3-9(12(7-11)18-2)8-14-13(16)15-10-4-5-10/h3,6-7,10H,4-5,8H2,1-2H3,(H2,14,15,16). The molecule has 1 aromatic rings. The van der Waals surface area contributed by atoms with Crippen LogP contribution in [0.2, 0.25) is 0 Å². The van der Waals surface area contributed by atoms with Gasteiger partial charge in [0.05, 0.1) is 14.2 Å². The highest BCUT2D eigenvalue weighted by atomic mass is 16.5. The lowest BCUT2D eigenvalue weighted by molar-refractivity contribution is 0.240. The Hall–Kier alpha value is -1.91. The molecule has 0 spiro atoms. The van der Waals surface area contributed by atoms with E-state index in [4.69, 9.17) is 9.47 Å². The van der Waals surface area contributed by atoms with Gasteiger partial charge in [-0.15, -0.1) is 0 Å². The third kappa shape index (κ3) is 3.29. The van der Waals surface area contributed by atoms with E-state index in [1.54, 1.807) is 20.3 Å². The molecule has 1 aliphatic carbocycles. The molecule has 1 aliphatic rings. The van der Waals surface area contributed by atoms with Crippen LogP contribution in [0.15, 0.2) is 18.2 Å². The zero-order valence-electron chi connectivity index (χ0n) is 10.7. The fourth-order valence-electron chi connectivity index (χ4n) is 1.64. The number of hydrogen-bond acceptors (Lipinski definition) is 3. The van der Waals surface area contributed by atoms with E-state index in [-0.39, 0.29) is 6.03 Å². The number of carbonyl (C=O) groups is 1. The number of rotatable bonds is 5. The van der Waals surface area contributed by atoms with Gasteiger partial charge in [-0.05, 0) is 25.0 Å². The molecule has 1 aromatic carbocycles. The summed E-state index contributed by atoms with van der Waals surface area (Å²) in [6.45, 7) is 0.436. The fraction of sp³-hybridized carbons (Fsp3) is 0.462. The Morgan fingerprint density at radius 1 is 1.33 bits per heavy atom.